The largest absolute Gasteiger partial charge is 0.275 e. The Hall–Kier alpha value is -1.00. The van der Waals surface area contributed by atoms with Gasteiger partial charge in [-0.15, -0.1) is 11.8 Å². The second-order valence-electron chi connectivity index (χ2n) is 4.89. The summed E-state index contributed by atoms with van der Waals surface area (Å²) in [7, 11) is 3.22. The van der Waals surface area contributed by atoms with E-state index in [0.717, 1.165) is 12.8 Å². The lowest BCUT2D eigenvalue weighted by molar-refractivity contribution is -0.170. The Balaban J connectivity index is 2.01. The Morgan fingerprint density at radius 3 is 2.63 bits per heavy atom. The number of carbonyl (C=O) groups is 1. The molecule has 0 radical (unpaired) electrons. The van der Waals surface area contributed by atoms with E-state index in [1.54, 1.807) is 7.05 Å². The summed E-state index contributed by atoms with van der Waals surface area (Å²) >= 11 is 1.82. The van der Waals surface area contributed by atoms with Gasteiger partial charge in [-0.25, -0.2) is 5.06 Å². The maximum atomic E-state index is 12.2. The van der Waals surface area contributed by atoms with Crippen molar-refractivity contribution < 1.29 is 9.63 Å². The third kappa shape index (κ3) is 3.31. The van der Waals surface area contributed by atoms with Gasteiger partial charge in [0, 0.05) is 17.2 Å². The highest BCUT2D eigenvalue weighted by atomic mass is 32.2. The average molecular weight is 279 g/mol. The molecule has 3 unspecified atom stereocenters. The lowest BCUT2D eigenvalue weighted by atomic mass is 10.2. The van der Waals surface area contributed by atoms with Gasteiger partial charge in [0.15, 0.2) is 0 Å². The summed E-state index contributed by atoms with van der Waals surface area (Å²) in [4.78, 5) is 18.5. The van der Waals surface area contributed by atoms with Crippen molar-refractivity contribution >= 4 is 17.7 Å². The van der Waals surface area contributed by atoms with Crippen LogP contribution in [0.15, 0.2) is 35.2 Å². The number of amides is 1. The summed E-state index contributed by atoms with van der Waals surface area (Å²) < 4.78 is 0. The maximum Gasteiger partial charge on any atom is 0.250 e. The molecule has 0 aromatic heterocycles. The Morgan fingerprint density at radius 2 is 2.05 bits per heavy atom. The lowest BCUT2D eigenvalue weighted by Crippen LogP contribution is -2.28. The van der Waals surface area contributed by atoms with Crippen molar-refractivity contribution in [2.75, 3.05) is 14.2 Å². The molecule has 1 saturated carbocycles. The average Bonchev–Trinajstić information content (AvgIpc) is 3.11. The highest BCUT2D eigenvalue weighted by Gasteiger charge is 2.55. The molecule has 0 aliphatic heterocycles. The Labute approximate surface area is 119 Å². The Morgan fingerprint density at radius 1 is 1.37 bits per heavy atom. The zero-order valence-electron chi connectivity index (χ0n) is 11.7. The minimum Gasteiger partial charge on any atom is -0.275 e. The summed E-state index contributed by atoms with van der Waals surface area (Å²) in [6.45, 7) is 2.17. The number of rotatable bonds is 6. The van der Waals surface area contributed by atoms with Gasteiger partial charge < -0.3 is 0 Å². The van der Waals surface area contributed by atoms with Crippen molar-refractivity contribution in [3.8, 4) is 0 Å². The molecule has 1 aromatic rings. The van der Waals surface area contributed by atoms with Gasteiger partial charge in [0.1, 0.15) is 0 Å². The number of benzene rings is 1. The first-order valence-corrected chi connectivity index (χ1v) is 7.60. The highest BCUT2D eigenvalue weighted by Crippen LogP contribution is 2.53. The van der Waals surface area contributed by atoms with E-state index >= 15 is 0 Å². The van der Waals surface area contributed by atoms with Crippen molar-refractivity contribution in [3.63, 3.8) is 0 Å². The highest BCUT2D eigenvalue weighted by molar-refractivity contribution is 8.00. The first kappa shape index (κ1) is 14.4. The second-order valence-corrected chi connectivity index (χ2v) is 6.14. The summed E-state index contributed by atoms with van der Waals surface area (Å²) in [6, 6.07) is 10.3. The zero-order chi connectivity index (χ0) is 13.8. The van der Waals surface area contributed by atoms with Crippen molar-refractivity contribution in [1.29, 1.82) is 0 Å². The van der Waals surface area contributed by atoms with E-state index in [-0.39, 0.29) is 11.8 Å². The van der Waals surface area contributed by atoms with E-state index in [1.165, 1.54) is 17.1 Å². The van der Waals surface area contributed by atoms with Crippen LogP contribution in [-0.2, 0) is 9.63 Å². The number of hydroxylamine groups is 2. The molecular formula is C15H21NO2S. The summed E-state index contributed by atoms with van der Waals surface area (Å²) in [5, 5.41) is 1.76. The van der Waals surface area contributed by atoms with Crippen LogP contribution < -0.4 is 0 Å². The van der Waals surface area contributed by atoms with Crippen LogP contribution in [0.4, 0.5) is 0 Å². The molecule has 1 aliphatic carbocycles. The Kier molecular flexibility index (Phi) is 4.88. The monoisotopic (exact) mass is 279 g/mol. The molecule has 0 spiro atoms. The summed E-state index contributed by atoms with van der Waals surface area (Å²) in [5.41, 5.74) is 0. The van der Waals surface area contributed by atoms with E-state index in [4.69, 9.17) is 4.84 Å². The van der Waals surface area contributed by atoms with Gasteiger partial charge in [-0.05, 0) is 24.5 Å². The predicted molar refractivity (Wildman–Crippen MR) is 77.8 cm³/mol. The molecule has 19 heavy (non-hydrogen) atoms. The molecule has 0 heterocycles. The Bertz CT molecular complexity index is 423. The number of carbonyl (C=O) groups excluding carboxylic acids is 1. The molecule has 3 atom stereocenters. The molecule has 1 fully saturated rings. The molecule has 0 bridgehead atoms. The quantitative estimate of drug-likeness (QED) is 0.749. The van der Waals surface area contributed by atoms with Gasteiger partial charge in [-0.2, -0.15) is 0 Å². The first-order valence-electron chi connectivity index (χ1n) is 6.72. The minimum atomic E-state index is 0.106. The van der Waals surface area contributed by atoms with Gasteiger partial charge in [0.05, 0.1) is 13.0 Å². The van der Waals surface area contributed by atoms with Crippen LogP contribution in [0.1, 0.15) is 19.8 Å². The van der Waals surface area contributed by atoms with Crippen LogP contribution in [0.25, 0.3) is 0 Å². The molecule has 0 saturated heterocycles. The molecule has 104 valence electrons. The van der Waals surface area contributed by atoms with Crippen molar-refractivity contribution in [2.24, 2.45) is 11.8 Å². The first-order chi connectivity index (χ1) is 9.19. The number of hydrogen-bond donors (Lipinski definition) is 0. The van der Waals surface area contributed by atoms with Crippen LogP contribution in [0.3, 0.4) is 0 Å². The van der Waals surface area contributed by atoms with Gasteiger partial charge in [-0.3, -0.25) is 9.63 Å². The maximum absolute atomic E-state index is 12.2. The second kappa shape index (κ2) is 6.44. The molecule has 1 aliphatic rings. The predicted octanol–water partition coefficient (Wildman–Crippen LogP) is 3.21. The summed E-state index contributed by atoms with van der Waals surface area (Å²) in [5.74, 6) is 0.699. The number of nitrogens with zero attached hydrogens (tertiary/aromatic N) is 1. The van der Waals surface area contributed by atoms with Crippen LogP contribution in [0.2, 0.25) is 0 Å². The molecule has 1 amide bonds. The lowest BCUT2D eigenvalue weighted by Gasteiger charge is -2.13. The van der Waals surface area contributed by atoms with E-state index in [0.29, 0.717) is 11.2 Å². The molecule has 2 rings (SSSR count). The summed E-state index contributed by atoms with van der Waals surface area (Å²) in [6.07, 6.45) is 2.23. The van der Waals surface area contributed by atoms with E-state index < -0.39 is 0 Å². The van der Waals surface area contributed by atoms with Crippen molar-refractivity contribution in [1.82, 2.24) is 5.06 Å². The fourth-order valence-corrected chi connectivity index (χ4v) is 3.94. The molecule has 4 heteroatoms. The van der Waals surface area contributed by atoms with Crippen molar-refractivity contribution in [2.45, 2.75) is 29.9 Å². The standard InChI is InChI=1S/C15H21NO2S/c1-4-8-12-13(15(17)16(2)18-3)14(12)19-11-9-6-5-7-10-11/h5-7,9-10,12-14H,4,8H2,1-3H3. The van der Waals surface area contributed by atoms with Crippen LogP contribution in [0, 0.1) is 11.8 Å². The SMILES string of the molecule is CCCC1C(Sc2ccccc2)C1C(=O)N(C)OC. The molecule has 3 nitrogen and oxygen atoms in total. The van der Waals surface area contributed by atoms with Crippen LogP contribution in [-0.4, -0.2) is 30.4 Å². The zero-order valence-corrected chi connectivity index (χ0v) is 12.5. The molecular weight excluding hydrogens is 258 g/mol. The van der Waals surface area contributed by atoms with Gasteiger partial charge in [-0.1, -0.05) is 31.5 Å². The van der Waals surface area contributed by atoms with Crippen molar-refractivity contribution in [3.05, 3.63) is 30.3 Å². The van der Waals surface area contributed by atoms with Gasteiger partial charge >= 0.3 is 0 Å². The van der Waals surface area contributed by atoms with E-state index in [2.05, 4.69) is 19.1 Å². The fourth-order valence-electron chi connectivity index (χ4n) is 2.46. The molecule has 0 N–H and O–H groups in total. The third-order valence-corrected chi connectivity index (χ3v) is 5.06. The van der Waals surface area contributed by atoms with E-state index in [1.807, 2.05) is 30.0 Å². The molecule has 1 aromatic carbocycles. The van der Waals surface area contributed by atoms with Crippen LogP contribution in [0.5, 0.6) is 0 Å². The fraction of sp³-hybridized carbons (Fsp3) is 0.533. The normalized spacial score (nSPS) is 25.1. The minimum absolute atomic E-state index is 0.106. The number of hydrogen-bond acceptors (Lipinski definition) is 3. The third-order valence-electron chi connectivity index (χ3n) is 3.60. The van der Waals surface area contributed by atoms with Gasteiger partial charge in [0.25, 0.3) is 0 Å². The topological polar surface area (TPSA) is 29.5 Å². The van der Waals surface area contributed by atoms with E-state index in [9.17, 15) is 4.79 Å². The smallest absolute Gasteiger partial charge is 0.250 e. The van der Waals surface area contributed by atoms with Gasteiger partial charge in [0.2, 0.25) is 5.91 Å². The van der Waals surface area contributed by atoms with Crippen LogP contribution >= 0.6 is 11.8 Å². The number of thioether (sulfide) groups is 1.